The molecule has 140 valence electrons. The number of carbonyl (C=O) groups is 2. The van der Waals surface area contributed by atoms with Gasteiger partial charge in [0.25, 0.3) is 5.69 Å². The summed E-state index contributed by atoms with van der Waals surface area (Å²) in [5.41, 5.74) is 0.653. The molecule has 0 aliphatic carbocycles. The van der Waals surface area contributed by atoms with Gasteiger partial charge in [-0.15, -0.1) is 0 Å². The van der Waals surface area contributed by atoms with Crippen LogP contribution in [0.5, 0.6) is 5.75 Å². The van der Waals surface area contributed by atoms with Crippen molar-refractivity contribution in [3.63, 3.8) is 0 Å². The zero-order valence-corrected chi connectivity index (χ0v) is 14.7. The van der Waals surface area contributed by atoms with Crippen LogP contribution in [-0.4, -0.2) is 24.0 Å². The second-order valence-electron chi connectivity index (χ2n) is 5.34. The summed E-state index contributed by atoms with van der Waals surface area (Å²) in [5, 5.41) is 19.7. The number of benzene rings is 2. The summed E-state index contributed by atoms with van der Waals surface area (Å²) < 4.78 is 9.67. The summed E-state index contributed by atoms with van der Waals surface area (Å²) in [7, 11) is 1.17. The Morgan fingerprint density at radius 3 is 2.54 bits per heavy atom. The number of rotatable bonds is 6. The van der Waals surface area contributed by atoms with Gasteiger partial charge in [0.2, 0.25) is 0 Å². The molecule has 2 aromatic carbocycles. The summed E-state index contributed by atoms with van der Waals surface area (Å²) in [6, 6.07) is 13.7. The third kappa shape index (κ3) is 5.64. The minimum absolute atomic E-state index is 0.0890. The molecule has 0 aliphatic rings. The number of carbonyl (C=O) groups excluding carboxylic acids is 2. The van der Waals surface area contributed by atoms with Gasteiger partial charge in [0.05, 0.1) is 12.0 Å². The highest BCUT2D eigenvalue weighted by atomic mass is 16.6. The first kappa shape index (κ1) is 20.1. The predicted octanol–water partition coefficient (Wildman–Crippen LogP) is 3.29. The lowest BCUT2D eigenvalue weighted by molar-refractivity contribution is -0.384. The van der Waals surface area contributed by atoms with Crippen LogP contribution in [0.3, 0.4) is 0 Å². The summed E-state index contributed by atoms with van der Waals surface area (Å²) in [4.78, 5) is 33.6. The first-order valence-corrected chi connectivity index (χ1v) is 7.87. The lowest BCUT2D eigenvalue weighted by Gasteiger charge is -2.03. The summed E-state index contributed by atoms with van der Waals surface area (Å²) in [6.07, 6.45) is 3.84. The maximum absolute atomic E-state index is 12.0. The standard InChI is InChI=1S/C20H14N2O6/c1-27-20(24)16(13-21)10-15-5-3-7-18(12-15)28-19(23)9-8-14-4-2-6-17(11-14)22(25)26/h2-12H,1H3/b9-8+,16-10+. The van der Waals surface area contributed by atoms with Crippen LogP contribution < -0.4 is 4.74 Å². The molecule has 0 heterocycles. The average molecular weight is 378 g/mol. The third-order valence-electron chi connectivity index (χ3n) is 3.41. The summed E-state index contributed by atoms with van der Waals surface area (Å²) in [6.45, 7) is 0. The molecule has 0 saturated carbocycles. The molecule has 8 heteroatoms. The molecule has 28 heavy (non-hydrogen) atoms. The number of esters is 2. The summed E-state index contributed by atoms with van der Waals surface area (Å²) >= 11 is 0. The fourth-order valence-electron chi connectivity index (χ4n) is 2.14. The molecule has 0 N–H and O–H groups in total. The van der Waals surface area contributed by atoms with Crippen molar-refractivity contribution in [2.75, 3.05) is 7.11 Å². The molecule has 0 spiro atoms. The molecule has 0 bridgehead atoms. The lowest BCUT2D eigenvalue weighted by atomic mass is 10.1. The SMILES string of the molecule is COC(=O)/C(C#N)=C/c1cccc(OC(=O)/C=C/c2cccc([N+](=O)[O-])c2)c1. The number of hydrogen-bond donors (Lipinski definition) is 0. The fourth-order valence-corrected chi connectivity index (χ4v) is 2.14. The van der Waals surface area contributed by atoms with Gasteiger partial charge in [0, 0.05) is 18.2 Å². The quantitative estimate of drug-likeness (QED) is 0.189. The number of nitriles is 1. The molecule has 0 unspecified atom stereocenters. The van der Waals surface area contributed by atoms with Crippen LogP contribution in [0.1, 0.15) is 11.1 Å². The highest BCUT2D eigenvalue weighted by Gasteiger charge is 2.09. The van der Waals surface area contributed by atoms with Crippen molar-refractivity contribution >= 4 is 29.8 Å². The molecular weight excluding hydrogens is 364 g/mol. The van der Waals surface area contributed by atoms with E-state index in [4.69, 9.17) is 10.00 Å². The number of ether oxygens (including phenoxy) is 2. The van der Waals surface area contributed by atoms with Crippen LogP contribution in [0.2, 0.25) is 0 Å². The van der Waals surface area contributed by atoms with Crippen molar-refractivity contribution in [1.29, 1.82) is 5.26 Å². The molecule has 0 atom stereocenters. The fraction of sp³-hybridized carbons (Fsp3) is 0.0500. The van der Waals surface area contributed by atoms with Gasteiger partial charge in [0.1, 0.15) is 17.4 Å². The first-order valence-electron chi connectivity index (χ1n) is 7.87. The Kier molecular flexibility index (Phi) is 6.77. The van der Waals surface area contributed by atoms with E-state index >= 15 is 0 Å². The first-order chi connectivity index (χ1) is 13.4. The maximum Gasteiger partial charge on any atom is 0.348 e. The van der Waals surface area contributed by atoms with E-state index in [0.717, 1.165) is 6.08 Å². The Bertz CT molecular complexity index is 1020. The second-order valence-corrected chi connectivity index (χ2v) is 5.34. The monoisotopic (exact) mass is 378 g/mol. The minimum atomic E-state index is -0.773. The van der Waals surface area contributed by atoms with Crippen LogP contribution in [0, 0.1) is 21.4 Å². The van der Waals surface area contributed by atoms with Gasteiger partial charge in [-0.25, -0.2) is 9.59 Å². The second kappa shape index (κ2) is 9.45. The number of methoxy groups -OCH3 is 1. The van der Waals surface area contributed by atoms with Crippen molar-refractivity contribution in [2.45, 2.75) is 0 Å². The topological polar surface area (TPSA) is 120 Å². The van der Waals surface area contributed by atoms with Gasteiger partial charge in [-0.2, -0.15) is 5.26 Å². The van der Waals surface area contributed by atoms with Gasteiger partial charge < -0.3 is 9.47 Å². The summed E-state index contributed by atoms with van der Waals surface area (Å²) in [5.74, 6) is -1.27. The number of nitro groups is 1. The van der Waals surface area contributed by atoms with Crippen LogP contribution >= 0.6 is 0 Å². The lowest BCUT2D eigenvalue weighted by Crippen LogP contribution is -2.04. The number of non-ortho nitro benzene ring substituents is 1. The van der Waals surface area contributed by atoms with E-state index in [1.165, 1.54) is 49.6 Å². The van der Waals surface area contributed by atoms with Crippen LogP contribution in [0.15, 0.2) is 60.2 Å². The molecule has 0 radical (unpaired) electrons. The normalized spacial score (nSPS) is 10.9. The minimum Gasteiger partial charge on any atom is -0.465 e. The van der Waals surface area contributed by atoms with Crippen LogP contribution in [0.25, 0.3) is 12.2 Å². The Balaban J connectivity index is 2.11. The highest BCUT2D eigenvalue weighted by molar-refractivity contribution is 5.97. The molecule has 0 aromatic heterocycles. The maximum atomic E-state index is 12.0. The number of hydrogen-bond acceptors (Lipinski definition) is 7. The van der Waals surface area contributed by atoms with E-state index in [2.05, 4.69) is 4.74 Å². The van der Waals surface area contributed by atoms with Crippen molar-refractivity contribution in [3.05, 3.63) is 81.4 Å². The van der Waals surface area contributed by atoms with Gasteiger partial charge in [-0.3, -0.25) is 10.1 Å². The Morgan fingerprint density at radius 1 is 1.14 bits per heavy atom. The van der Waals surface area contributed by atoms with E-state index in [9.17, 15) is 19.7 Å². The van der Waals surface area contributed by atoms with Gasteiger partial charge in [0.15, 0.2) is 0 Å². The zero-order chi connectivity index (χ0) is 20.5. The molecule has 0 aliphatic heterocycles. The van der Waals surface area contributed by atoms with Gasteiger partial charge >= 0.3 is 11.9 Å². The van der Waals surface area contributed by atoms with Crippen molar-refractivity contribution < 1.29 is 24.0 Å². The van der Waals surface area contributed by atoms with E-state index in [1.54, 1.807) is 24.3 Å². The molecule has 0 saturated heterocycles. The molecule has 2 rings (SSSR count). The van der Waals surface area contributed by atoms with Gasteiger partial charge in [-0.1, -0.05) is 24.3 Å². The predicted molar refractivity (Wildman–Crippen MR) is 99.8 cm³/mol. The van der Waals surface area contributed by atoms with E-state index in [1.807, 2.05) is 0 Å². The Morgan fingerprint density at radius 2 is 1.86 bits per heavy atom. The van der Waals surface area contributed by atoms with Gasteiger partial charge in [-0.05, 0) is 35.4 Å². The number of nitrogens with zero attached hydrogens (tertiary/aromatic N) is 2. The smallest absolute Gasteiger partial charge is 0.348 e. The molecule has 0 fully saturated rings. The number of nitro benzene ring substituents is 1. The van der Waals surface area contributed by atoms with E-state index < -0.39 is 16.9 Å². The molecule has 0 amide bonds. The highest BCUT2D eigenvalue weighted by Crippen LogP contribution is 2.17. The molecule has 8 nitrogen and oxygen atoms in total. The largest absolute Gasteiger partial charge is 0.465 e. The Hall–Kier alpha value is -4.25. The molecular formula is C20H14N2O6. The van der Waals surface area contributed by atoms with Crippen molar-refractivity contribution in [2.24, 2.45) is 0 Å². The molecule has 2 aromatic rings. The van der Waals surface area contributed by atoms with E-state index in [-0.39, 0.29) is 17.0 Å². The Labute approximate surface area is 160 Å². The van der Waals surface area contributed by atoms with Crippen molar-refractivity contribution in [3.8, 4) is 11.8 Å². The van der Waals surface area contributed by atoms with E-state index in [0.29, 0.717) is 11.1 Å². The zero-order valence-electron chi connectivity index (χ0n) is 14.7. The van der Waals surface area contributed by atoms with Crippen LogP contribution in [-0.2, 0) is 14.3 Å². The van der Waals surface area contributed by atoms with Crippen molar-refractivity contribution in [1.82, 2.24) is 0 Å². The van der Waals surface area contributed by atoms with Crippen LogP contribution in [0.4, 0.5) is 5.69 Å². The third-order valence-corrected chi connectivity index (χ3v) is 3.41. The average Bonchev–Trinajstić information content (AvgIpc) is 2.70.